The molecule has 3 N–H and O–H groups in total. The van der Waals surface area contributed by atoms with E-state index in [4.69, 9.17) is 11.0 Å². The number of hydrogen-bond donors (Lipinski definition) is 2. The van der Waals surface area contributed by atoms with E-state index >= 15 is 0 Å². The van der Waals surface area contributed by atoms with E-state index in [2.05, 4.69) is 37.3 Å². The molecule has 0 amide bonds. The summed E-state index contributed by atoms with van der Waals surface area (Å²) >= 11 is 3.40. The van der Waals surface area contributed by atoms with Gasteiger partial charge in [0, 0.05) is 16.2 Å². The Hall–Kier alpha value is -2.13. The van der Waals surface area contributed by atoms with Gasteiger partial charge in [-0.1, -0.05) is 0 Å². The fourth-order valence-electron chi connectivity index (χ4n) is 1.40. The van der Waals surface area contributed by atoms with Crippen molar-refractivity contribution in [1.82, 2.24) is 9.97 Å². The Balaban J connectivity index is 2.34. The fourth-order valence-corrected chi connectivity index (χ4v) is 1.87. The second-order valence-electron chi connectivity index (χ2n) is 3.69. The summed E-state index contributed by atoms with van der Waals surface area (Å²) in [7, 11) is 0. The van der Waals surface area contributed by atoms with E-state index in [1.165, 1.54) is 0 Å². The molecule has 0 atom stereocenters. The van der Waals surface area contributed by atoms with Crippen molar-refractivity contribution in [3.05, 3.63) is 40.0 Å². The van der Waals surface area contributed by atoms with Gasteiger partial charge in [0.2, 0.25) is 5.95 Å². The number of hydrogen-bond acceptors (Lipinski definition) is 5. The number of aromatic nitrogens is 2. The van der Waals surface area contributed by atoms with Gasteiger partial charge >= 0.3 is 0 Å². The van der Waals surface area contributed by atoms with Crippen molar-refractivity contribution in [3.63, 3.8) is 0 Å². The minimum atomic E-state index is 0.216. The Morgan fingerprint density at radius 3 is 2.89 bits per heavy atom. The molecule has 0 fully saturated rings. The van der Waals surface area contributed by atoms with Crippen molar-refractivity contribution < 1.29 is 0 Å². The summed E-state index contributed by atoms with van der Waals surface area (Å²) in [4.78, 5) is 8.02. The summed E-state index contributed by atoms with van der Waals surface area (Å²) in [6.45, 7) is 1.89. The second kappa shape index (κ2) is 5.02. The minimum absolute atomic E-state index is 0.216. The summed E-state index contributed by atoms with van der Waals surface area (Å²) in [6.07, 6.45) is 1.65. The summed E-state index contributed by atoms with van der Waals surface area (Å²) in [5.41, 5.74) is 7.84. The average Bonchev–Trinajstić information content (AvgIpc) is 2.36. The Morgan fingerprint density at radius 2 is 2.22 bits per heavy atom. The molecule has 0 saturated carbocycles. The third kappa shape index (κ3) is 2.57. The van der Waals surface area contributed by atoms with Crippen LogP contribution in [0.2, 0.25) is 0 Å². The van der Waals surface area contributed by atoms with Crippen LogP contribution in [0.3, 0.4) is 0 Å². The van der Waals surface area contributed by atoms with Gasteiger partial charge in [0.15, 0.2) is 0 Å². The van der Waals surface area contributed by atoms with Gasteiger partial charge in [-0.2, -0.15) is 10.2 Å². The van der Waals surface area contributed by atoms with Gasteiger partial charge in [-0.3, -0.25) is 0 Å². The smallest absolute Gasteiger partial charge is 0.221 e. The largest absolute Gasteiger partial charge is 0.368 e. The number of rotatable bonds is 2. The molecule has 0 unspecified atom stereocenters. The Bertz CT molecular complexity index is 633. The SMILES string of the molecule is Cc1cnc(N)nc1Nc1ccc(C#N)cc1Br. The maximum absolute atomic E-state index is 8.79. The van der Waals surface area contributed by atoms with Gasteiger partial charge in [-0.05, 0) is 41.1 Å². The lowest BCUT2D eigenvalue weighted by Crippen LogP contribution is -2.02. The van der Waals surface area contributed by atoms with Crippen molar-refractivity contribution in [2.45, 2.75) is 6.92 Å². The van der Waals surface area contributed by atoms with Gasteiger partial charge in [-0.15, -0.1) is 0 Å². The Morgan fingerprint density at radius 1 is 1.44 bits per heavy atom. The van der Waals surface area contributed by atoms with E-state index in [9.17, 15) is 0 Å². The number of benzene rings is 1. The van der Waals surface area contributed by atoms with Gasteiger partial charge in [0.25, 0.3) is 0 Å². The standard InChI is InChI=1S/C12H10BrN5/c1-7-6-16-12(15)18-11(7)17-10-3-2-8(5-14)4-9(10)13/h2-4,6H,1H3,(H3,15,16,17,18). The highest BCUT2D eigenvalue weighted by molar-refractivity contribution is 9.10. The molecule has 0 aliphatic carbocycles. The van der Waals surface area contributed by atoms with Gasteiger partial charge in [0.1, 0.15) is 5.82 Å². The lowest BCUT2D eigenvalue weighted by atomic mass is 10.2. The first-order chi connectivity index (χ1) is 8.60. The molecule has 6 heteroatoms. The van der Waals surface area contributed by atoms with E-state index in [1.807, 2.05) is 6.92 Å². The van der Waals surface area contributed by atoms with E-state index in [0.717, 1.165) is 15.7 Å². The summed E-state index contributed by atoms with van der Waals surface area (Å²) in [5.74, 6) is 0.862. The van der Waals surface area contributed by atoms with Crippen LogP contribution in [0.4, 0.5) is 17.5 Å². The van der Waals surface area contributed by atoms with Crippen LogP contribution in [-0.2, 0) is 0 Å². The van der Waals surface area contributed by atoms with Crippen molar-refractivity contribution in [1.29, 1.82) is 5.26 Å². The maximum Gasteiger partial charge on any atom is 0.221 e. The number of nitrogen functional groups attached to an aromatic ring is 1. The molecule has 0 radical (unpaired) electrons. The normalized spacial score (nSPS) is 9.83. The number of nitrogens with zero attached hydrogens (tertiary/aromatic N) is 3. The lowest BCUT2D eigenvalue weighted by Gasteiger charge is -2.10. The highest BCUT2D eigenvalue weighted by atomic mass is 79.9. The fraction of sp³-hybridized carbons (Fsp3) is 0.0833. The second-order valence-corrected chi connectivity index (χ2v) is 4.55. The molecule has 2 rings (SSSR count). The van der Waals surface area contributed by atoms with Crippen molar-refractivity contribution in [2.75, 3.05) is 11.1 Å². The molecule has 5 nitrogen and oxygen atoms in total. The minimum Gasteiger partial charge on any atom is -0.368 e. The van der Waals surface area contributed by atoms with Crippen LogP contribution in [0.1, 0.15) is 11.1 Å². The van der Waals surface area contributed by atoms with E-state index < -0.39 is 0 Å². The first kappa shape index (κ1) is 12.3. The van der Waals surface area contributed by atoms with E-state index in [-0.39, 0.29) is 5.95 Å². The molecule has 0 aliphatic rings. The molecule has 0 bridgehead atoms. The summed E-state index contributed by atoms with van der Waals surface area (Å²) < 4.78 is 0.790. The molecule has 18 heavy (non-hydrogen) atoms. The number of anilines is 3. The molecular weight excluding hydrogens is 294 g/mol. The first-order valence-electron chi connectivity index (χ1n) is 5.16. The number of halogens is 1. The number of aryl methyl sites for hydroxylation is 1. The van der Waals surface area contributed by atoms with Crippen LogP contribution in [0.5, 0.6) is 0 Å². The van der Waals surface area contributed by atoms with Crippen LogP contribution >= 0.6 is 15.9 Å². The van der Waals surface area contributed by atoms with E-state index in [0.29, 0.717) is 11.4 Å². The molecule has 1 aromatic heterocycles. The predicted octanol–water partition coefficient (Wildman–Crippen LogP) is 2.75. The lowest BCUT2D eigenvalue weighted by molar-refractivity contribution is 1.15. The third-order valence-corrected chi connectivity index (χ3v) is 3.00. The van der Waals surface area contributed by atoms with Crippen molar-refractivity contribution in [3.8, 4) is 6.07 Å². The highest BCUT2D eigenvalue weighted by Crippen LogP contribution is 2.27. The number of nitrogens with two attached hydrogens (primary N) is 1. The van der Waals surface area contributed by atoms with Crippen LogP contribution in [0.25, 0.3) is 0 Å². The molecule has 0 aliphatic heterocycles. The number of nitrogens with one attached hydrogen (secondary N) is 1. The first-order valence-corrected chi connectivity index (χ1v) is 5.95. The molecule has 1 heterocycles. The molecule has 1 aromatic carbocycles. The van der Waals surface area contributed by atoms with Gasteiger partial charge in [0.05, 0.1) is 17.3 Å². The Kier molecular flexibility index (Phi) is 3.44. The quantitative estimate of drug-likeness (QED) is 0.890. The third-order valence-electron chi connectivity index (χ3n) is 2.34. The Labute approximate surface area is 113 Å². The highest BCUT2D eigenvalue weighted by Gasteiger charge is 2.06. The predicted molar refractivity (Wildman–Crippen MR) is 73.3 cm³/mol. The molecule has 0 spiro atoms. The van der Waals surface area contributed by atoms with Gasteiger partial charge < -0.3 is 11.1 Å². The van der Waals surface area contributed by atoms with E-state index in [1.54, 1.807) is 24.4 Å². The monoisotopic (exact) mass is 303 g/mol. The summed E-state index contributed by atoms with van der Waals surface area (Å²) in [6, 6.07) is 7.35. The van der Waals surface area contributed by atoms with Gasteiger partial charge in [-0.25, -0.2) is 4.98 Å². The molecule has 90 valence electrons. The van der Waals surface area contributed by atoms with Crippen molar-refractivity contribution >= 4 is 33.4 Å². The van der Waals surface area contributed by atoms with Crippen molar-refractivity contribution in [2.24, 2.45) is 0 Å². The number of nitriles is 1. The van der Waals surface area contributed by atoms with Crippen LogP contribution in [0, 0.1) is 18.3 Å². The zero-order chi connectivity index (χ0) is 13.1. The zero-order valence-electron chi connectivity index (χ0n) is 9.61. The van der Waals surface area contributed by atoms with Crippen LogP contribution in [-0.4, -0.2) is 9.97 Å². The average molecular weight is 304 g/mol. The molecular formula is C12H10BrN5. The van der Waals surface area contributed by atoms with Crippen LogP contribution in [0.15, 0.2) is 28.9 Å². The summed E-state index contributed by atoms with van der Waals surface area (Å²) in [5, 5.41) is 11.9. The zero-order valence-corrected chi connectivity index (χ0v) is 11.2. The molecule has 0 saturated heterocycles. The topological polar surface area (TPSA) is 87.6 Å². The maximum atomic E-state index is 8.79. The van der Waals surface area contributed by atoms with Crippen LogP contribution < -0.4 is 11.1 Å². The molecule has 2 aromatic rings.